The smallest absolute Gasteiger partial charge is 0 e. The van der Waals surface area contributed by atoms with Crippen molar-refractivity contribution in [1.82, 2.24) is 0 Å². The second-order valence-electron chi connectivity index (χ2n) is 1.63. The van der Waals surface area contributed by atoms with Crippen molar-refractivity contribution in [3.8, 4) is 0 Å². The van der Waals surface area contributed by atoms with Gasteiger partial charge in [-0.05, 0) is 5.02 Å². The van der Waals surface area contributed by atoms with Crippen LogP contribution in [0.15, 0.2) is 24.3 Å². The van der Waals surface area contributed by atoms with Crippen molar-refractivity contribution < 1.29 is 19.5 Å². The Hall–Kier alpha value is 0.733. The van der Waals surface area contributed by atoms with E-state index in [-0.39, 0.29) is 43.5 Å². The van der Waals surface area contributed by atoms with Gasteiger partial charge in [-0.1, -0.05) is 17.7 Å². The van der Waals surface area contributed by atoms with Crippen molar-refractivity contribution >= 4 is 35.6 Å². The molecule has 0 atom stereocenters. The summed E-state index contributed by atoms with van der Waals surface area (Å²) in [5.41, 5.74) is 0.956. The monoisotopic (exact) mass is 317 g/mol. The molecule has 0 fully saturated rings. The van der Waals surface area contributed by atoms with Gasteiger partial charge in [0, 0.05) is 19.5 Å². The molecule has 0 heterocycles. The Balaban J connectivity index is 0. The first-order chi connectivity index (χ1) is 3.79. The normalized spacial score (nSPS) is 7.30. The minimum atomic E-state index is 0. The molecule has 0 nitrogen and oxygen atoms in total. The molecule has 1 aromatic carbocycles. The molecule has 0 radical (unpaired) electrons. The van der Waals surface area contributed by atoms with Gasteiger partial charge in [-0.15, -0.1) is 36.1 Å². The Morgan fingerprint density at radius 2 is 1.90 bits per heavy atom. The Morgan fingerprint density at radius 3 is 2.20 bits per heavy atom. The predicted octanol–water partition coefficient (Wildman–Crippen LogP) is 3.14. The molecule has 0 bridgehead atoms. The number of halogens is 2. The Kier molecular flexibility index (Phi) is 8.59. The van der Waals surface area contributed by atoms with Crippen molar-refractivity contribution in [3.63, 3.8) is 0 Å². The van der Waals surface area contributed by atoms with Gasteiger partial charge in [0.1, 0.15) is 0 Å². The van der Waals surface area contributed by atoms with E-state index in [9.17, 15) is 0 Å². The van der Waals surface area contributed by atoms with Gasteiger partial charge in [-0.25, -0.2) is 0 Å². The molecular weight excluding hydrogens is 312 g/mol. The molecule has 1 aromatic rings. The van der Waals surface area contributed by atoms with Crippen LogP contribution >= 0.6 is 35.6 Å². The summed E-state index contributed by atoms with van der Waals surface area (Å²) >= 11 is 5.60. The molecule has 3 heteroatoms. The van der Waals surface area contributed by atoms with Crippen molar-refractivity contribution in [2.75, 3.05) is 0 Å². The standard InChI is InChI=1S/C7H6Cl.HI.Zn/c1-6-3-2-4-7(8)5-6;;/h2-5H,1H2;1H;/q-1;;. The molecular formula is C7H7ClIZn-. The SMILES string of the molecule is I.[CH2-]c1cccc(Cl)c1.[Zn]. The fourth-order valence-corrected chi connectivity index (χ4v) is 0.750. The van der Waals surface area contributed by atoms with Gasteiger partial charge in [0.2, 0.25) is 0 Å². The molecule has 0 aromatic heterocycles. The molecule has 1 rings (SSSR count). The third kappa shape index (κ3) is 4.53. The molecule has 10 heavy (non-hydrogen) atoms. The quantitative estimate of drug-likeness (QED) is 0.392. The van der Waals surface area contributed by atoms with E-state index in [1.165, 1.54) is 0 Å². The van der Waals surface area contributed by atoms with Crippen LogP contribution in [0.25, 0.3) is 0 Å². The van der Waals surface area contributed by atoms with Crippen LogP contribution in [0.1, 0.15) is 5.56 Å². The Morgan fingerprint density at radius 1 is 1.30 bits per heavy atom. The average molecular weight is 319 g/mol. The maximum atomic E-state index is 5.60. The summed E-state index contributed by atoms with van der Waals surface area (Å²) in [6, 6.07) is 7.44. The fraction of sp³-hybridized carbons (Fsp3) is 0. The summed E-state index contributed by atoms with van der Waals surface area (Å²) in [7, 11) is 0. The minimum Gasteiger partial charge on any atom is -0.199 e. The molecule has 0 unspecified atom stereocenters. The van der Waals surface area contributed by atoms with Crippen molar-refractivity contribution in [1.29, 1.82) is 0 Å². The van der Waals surface area contributed by atoms with Crippen LogP contribution in [0.2, 0.25) is 5.02 Å². The molecule has 0 spiro atoms. The average Bonchev–Trinajstić information content (AvgIpc) is 1.64. The Bertz CT molecular complexity index is 173. The van der Waals surface area contributed by atoms with Gasteiger partial charge in [-0.2, -0.15) is 18.6 Å². The van der Waals surface area contributed by atoms with Crippen LogP contribution in [-0.2, 0) is 19.5 Å². The first-order valence-corrected chi connectivity index (χ1v) is 2.74. The molecule has 0 N–H and O–H groups in total. The topological polar surface area (TPSA) is 0 Å². The van der Waals surface area contributed by atoms with E-state index >= 15 is 0 Å². The zero-order valence-electron chi connectivity index (χ0n) is 5.51. The third-order valence-electron chi connectivity index (χ3n) is 0.889. The van der Waals surface area contributed by atoms with E-state index in [0.29, 0.717) is 0 Å². The summed E-state index contributed by atoms with van der Waals surface area (Å²) in [6.07, 6.45) is 0. The van der Waals surface area contributed by atoms with Crippen LogP contribution in [0, 0.1) is 6.92 Å². The van der Waals surface area contributed by atoms with Crippen molar-refractivity contribution in [2.45, 2.75) is 0 Å². The second-order valence-corrected chi connectivity index (χ2v) is 2.07. The van der Waals surface area contributed by atoms with Crippen LogP contribution in [0.3, 0.4) is 0 Å². The van der Waals surface area contributed by atoms with E-state index in [4.69, 9.17) is 11.6 Å². The first kappa shape index (κ1) is 13.3. The maximum absolute atomic E-state index is 5.60. The molecule has 0 aliphatic rings. The molecule has 0 saturated carbocycles. The number of benzene rings is 1. The zero-order valence-corrected chi connectivity index (χ0v) is 11.6. The molecule has 0 saturated heterocycles. The van der Waals surface area contributed by atoms with Crippen LogP contribution < -0.4 is 0 Å². The van der Waals surface area contributed by atoms with Crippen LogP contribution in [0.4, 0.5) is 0 Å². The fourth-order valence-electron chi connectivity index (χ4n) is 0.537. The van der Waals surface area contributed by atoms with Gasteiger partial charge in [0.25, 0.3) is 0 Å². The van der Waals surface area contributed by atoms with Gasteiger partial charge < -0.3 is 0 Å². The summed E-state index contributed by atoms with van der Waals surface area (Å²) in [4.78, 5) is 0. The number of rotatable bonds is 0. The van der Waals surface area contributed by atoms with E-state index in [0.717, 1.165) is 10.6 Å². The largest absolute Gasteiger partial charge is 0.199 e. The van der Waals surface area contributed by atoms with Crippen molar-refractivity contribution in [3.05, 3.63) is 41.8 Å². The summed E-state index contributed by atoms with van der Waals surface area (Å²) in [6.45, 7) is 3.70. The van der Waals surface area contributed by atoms with E-state index in [1.807, 2.05) is 24.3 Å². The number of hydrogen-bond acceptors (Lipinski definition) is 0. The van der Waals surface area contributed by atoms with Crippen LogP contribution in [0.5, 0.6) is 0 Å². The van der Waals surface area contributed by atoms with Gasteiger partial charge >= 0.3 is 0 Å². The Labute approximate surface area is 96.1 Å². The molecule has 0 amide bonds. The molecule has 0 aliphatic carbocycles. The zero-order chi connectivity index (χ0) is 5.98. The molecule has 0 aliphatic heterocycles. The molecule has 52 valence electrons. The summed E-state index contributed by atoms with van der Waals surface area (Å²) in [5.74, 6) is 0. The minimum absolute atomic E-state index is 0. The number of hydrogen-bond donors (Lipinski definition) is 0. The summed E-state index contributed by atoms with van der Waals surface area (Å²) < 4.78 is 0. The van der Waals surface area contributed by atoms with Gasteiger partial charge in [0.15, 0.2) is 0 Å². The predicted molar refractivity (Wildman–Crippen MR) is 51.3 cm³/mol. The van der Waals surface area contributed by atoms with Crippen molar-refractivity contribution in [2.24, 2.45) is 0 Å². The second kappa shape index (κ2) is 6.44. The van der Waals surface area contributed by atoms with E-state index in [1.54, 1.807) is 0 Å². The van der Waals surface area contributed by atoms with E-state index < -0.39 is 0 Å². The van der Waals surface area contributed by atoms with Crippen LogP contribution in [-0.4, -0.2) is 0 Å². The summed E-state index contributed by atoms with van der Waals surface area (Å²) in [5, 5.41) is 0.748. The third-order valence-corrected chi connectivity index (χ3v) is 1.12. The van der Waals surface area contributed by atoms with Gasteiger partial charge in [0.05, 0.1) is 0 Å². The van der Waals surface area contributed by atoms with E-state index in [2.05, 4.69) is 6.92 Å². The van der Waals surface area contributed by atoms with Gasteiger partial charge in [-0.3, -0.25) is 0 Å². The first-order valence-electron chi connectivity index (χ1n) is 2.36. The maximum Gasteiger partial charge on any atom is 0 e.